The molecule has 118 valence electrons. The maximum atomic E-state index is 12.1. The van der Waals surface area contributed by atoms with Gasteiger partial charge in [0.1, 0.15) is 5.75 Å². The molecule has 4 nitrogen and oxygen atoms in total. The van der Waals surface area contributed by atoms with Crippen LogP contribution in [0.25, 0.3) is 0 Å². The van der Waals surface area contributed by atoms with Crippen LogP contribution in [0.15, 0.2) is 48.5 Å². The maximum Gasteiger partial charge on any atom is 0.220 e. The zero-order valence-corrected chi connectivity index (χ0v) is 13.4. The van der Waals surface area contributed by atoms with E-state index in [9.17, 15) is 4.79 Å². The summed E-state index contributed by atoms with van der Waals surface area (Å²) >= 11 is 0. The topological polar surface area (TPSA) is 62.1 Å². The fraction of sp³-hybridized carbons (Fsp3) is 0.263. The number of nitrogens with one attached hydrogen (secondary N) is 1. The van der Waals surface area contributed by atoms with E-state index in [0.29, 0.717) is 18.4 Å². The normalized spacial score (nSPS) is 11.3. The van der Waals surface area contributed by atoms with Gasteiger partial charge in [-0.15, -0.1) is 0 Å². The van der Waals surface area contributed by atoms with Gasteiger partial charge in [-0.05, 0) is 48.7 Å². The van der Waals surface area contributed by atoms with Gasteiger partial charge in [-0.2, -0.15) is 5.26 Å². The van der Waals surface area contributed by atoms with Crippen LogP contribution < -0.4 is 10.1 Å². The molecular weight excluding hydrogens is 288 g/mol. The predicted octanol–water partition coefficient (Wildman–Crippen LogP) is 3.38. The van der Waals surface area contributed by atoms with Crippen LogP contribution in [0.4, 0.5) is 0 Å². The van der Waals surface area contributed by atoms with Crippen LogP contribution >= 0.6 is 0 Å². The molecule has 0 heterocycles. The first-order valence-electron chi connectivity index (χ1n) is 7.54. The van der Waals surface area contributed by atoms with E-state index in [2.05, 4.69) is 11.4 Å². The summed E-state index contributed by atoms with van der Waals surface area (Å²) in [6, 6.07) is 17.0. The number of hydrogen-bond donors (Lipinski definition) is 1. The van der Waals surface area contributed by atoms with Crippen molar-refractivity contribution in [2.45, 2.75) is 25.8 Å². The fourth-order valence-corrected chi connectivity index (χ4v) is 2.29. The molecule has 0 fully saturated rings. The van der Waals surface area contributed by atoms with Crippen LogP contribution in [0.2, 0.25) is 0 Å². The molecule has 0 radical (unpaired) electrons. The summed E-state index contributed by atoms with van der Waals surface area (Å²) in [5.41, 5.74) is 2.71. The van der Waals surface area contributed by atoms with Crippen molar-refractivity contribution in [3.63, 3.8) is 0 Å². The molecule has 1 atom stereocenters. The molecule has 2 aromatic rings. The Bertz CT molecular complexity index is 685. The molecule has 0 aliphatic carbocycles. The van der Waals surface area contributed by atoms with E-state index in [0.717, 1.165) is 16.9 Å². The molecule has 0 saturated heterocycles. The Morgan fingerprint density at radius 3 is 2.39 bits per heavy atom. The van der Waals surface area contributed by atoms with Gasteiger partial charge in [-0.3, -0.25) is 4.79 Å². The minimum atomic E-state index is -0.0777. The second-order valence-electron chi connectivity index (χ2n) is 5.37. The molecule has 1 amide bonds. The highest BCUT2D eigenvalue weighted by molar-refractivity contribution is 5.76. The molecule has 0 aromatic heterocycles. The van der Waals surface area contributed by atoms with Crippen molar-refractivity contribution in [1.29, 1.82) is 5.26 Å². The van der Waals surface area contributed by atoms with Gasteiger partial charge < -0.3 is 10.1 Å². The number of rotatable bonds is 6. The number of methoxy groups -OCH3 is 1. The number of aryl methyl sites for hydroxylation is 1. The number of carbonyl (C=O) groups is 1. The number of hydrogen-bond acceptors (Lipinski definition) is 3. The van der Waals surface area contributed by atoms with Crippen molar-refractivity contribution in [2.24, 2.45) is 0 Å². The van der Waals surface area contributed by atoms with Crippen LogP contribution in [0, 0.1) is 11.3 Å². The van der Waals surface area contributed by atoms with E-state index in [-0.39, 0.29) is 11.9 Å². The summed E-state index contributed by atoms with van der Waals surface area (Å²) in [6.45, 7) is 1.94. The van der Waals surface area contributed by atoms with Crippen molar-refractivity contribution in [3.8, 4) is 11.8 Å². The monoisotopic (exact) mass is 308 g/mol. The summed E-state index contributed by atoms with van der Waals surface area (Å²) < 4.78 is 5.11. The number of amides is 1. The van der Waals surface area contributed by atoms with E-state index >= 15 is 0 Å². The van der Waals surface area contributed by atoms with Crippen molar-refractivity contribution in [3.05, 3.63) is 65.2 Å². The molecule has 0 bridgehead atoms. The van der Waals surface area contributed by atoms with Crippen LogP contribution in [0.3, 0.4) is 0 Å². The third-order valence-electron chi connectivity index (χ3n) is 3.72. The van der Waals surface area contributed by atoms with Gasteiger partial charge in [0.2, 0.25) is 5.91 Å². The first-order chi connectivity index (χ1) is 11.1. The molecule has 4 heteroatoms. The van der Waals surface area contributed by atoms with E-state index in [4.69, 9.17) is 10.00 Å². The smallest absolute Gasteiger partial charge is 0.220 e. The summed E-state index contributed by atoms with van der Waals surface area (Å²) in [4.78, 5) is 12.1. The molecule has 1 unspecified atom stereocenters. The first-order valence-corrected chi connectivity index (χ1v) is 7.54. The van der Waals surface area contributed by atoms with Crippen molar-refractivity contribution in [2.75, 3.05) is 7.11 Å². The van der Waals surface area contributed by atoms with Crippen molar-refractivity contribution in [1.82, 2.24) is 5.32 Å². The third kappa shape index (κ3) is 4.86. The van der Waals surface area contributed by atoms with Crippen LogP contribution in [-0.4, -0.2) is 13.0 Å². The quantitative estimate of drug-likeness (QED) is 0.890. The number of benzene rings is 2. The molecule has 0 spiro atoms. The minimum Gasteiger partial charge on any atom is -0.497 e. The first kappa shape index (κ1) is 16.6. The Balaban J connectivity index is 1.84. The van der Waals surface area contributed by atoms with E-state index in [1.165, 1.54) is 0 Å². The molecule has 2 aromatic carbocycles. The number of nitrogens with zero attached hydrogens (tertiary/aromatic N) is 1. The van der Waals surface area contributed by atoms with Gasteiger partial charge in [0, 0.05) is 6.42 Å². The van der Waals surface area contributed by atoms with E-state index < -0.39 is 0 Å². The molecule has 0 saturated carbocycles. The van der Waals surface area contributed by atoms with Gasteiger partial charge in [-0.1, -0.05) is 24.3 Å². The number of ether oxygens (including phenoxy) is 1. The van der Waals surface area contributed by atoms with E-state index in [1.807, 2.05) is 43.3 Å². The van der Waals surface area contributed by atoms with Gasteiger partial charge >= 0.3 is 0 Å². The van der Waals surface area contributed by atoms with Crippen LogP contribution in [-0.2, 0) is 11.2 Å². The highest BCUT2D eigenvalue weighted by atomic mass is 16.5. The van der Waals surface area contributed by atoms with E-state index in [1.54, 1.807) is 19.2 Å². The van der Waals surface area contributed by atoms with Crippen LogP contribution in [0.5, 0.6) is 5.75 Å². The number of carbonyl (C=O) groups excluding carboxylic acids is 1. The molecule has 1 N–H and O–H groups in total. The predicted molar refractivity (Wildman–Crippen MR) is 89.0 cm³/mol. The Kier molecular flexibility index (Phi) is 5.76. The largest absolute Gasteiger partial charge is 0.497 e. The highest BCUT2D eigenvalue weighted by Gasteiger charge is 2.09. The van der Waals surface area contributed by atoms with Crippen LogP contribution in [0.1, 0.15) is 36.1 Å². The third-order valence-corrected chi connectivity index (χ3v) is 3.72. The van der Waals surface area contributed by atoms with Gasteiger partial charge in [-0.25, -0.2) is 0 Å². The lowest BCUT2D eigenvalue weighted by molar-refractivity contribution is -0.121. The minimum absolute atomic E-state index is 0.0117. The average molecular weight is 308 g/mol. The second kappa shape index (κ2) is 8.00. The van der Waals surface area contributed by atoms with Gasteiger partial charge in [0.05, 0.1) is 24.8 Å². The summed E-state index contributed by atoms with van der Waals surface area (Å²) in [7, 11) is 1.63. The lowest BCUT2D eigenvalue weighted by Crippen LogP contribution is -2.26. The highest BCUT2D eigenvalue weighted by Crippen LogP contribution is 2.15. The fourth-order valence-electron chi connectivity index (χ4n) is 2.29. The zero-order valence-electron chi connectivity index (χ0n) is 13.4. The molecule has 2 rings (SSSR count). The van der Waals surface area contributed by atoms with Gasteiger partial charge in [0.15, 0.2) is 0 Å². The average Bonchev–Trinajstić information content (AvgIpc) is 2.60. The summed E-state index contributed by atoms with van der Waals surface area (Å²) in [6.07, 6.45) is 1.13. The molecule has 0 aliphatic rings. The Hall–Kier alpha value is -2.80. The van der Waals surface area contributed by atoms with Gasteiger partial charge in [0.25, 0.3) is 0 Å². The maximum absolute atomic E-state index is 12.1. The summed E-state index contributed by atoms with van der Waals surface area (Å²) in [5.74, 6) is 0.824. The second-order valence-corrected chi connectivity index (χ2v) is 5.37. The number of nitriles is 1. The Morgan fingerprint density at radius 2 is 1.83 bits per heavy atom. The lowest BCUT2D eigenvalue weighted by Gasteiger charge is -2.14. The van der Waals surface area contributed by atoms with Crippen molar-refractivity contribution >= 4 is 5.91 Å². The summed E-state index contributed by atoms with van der Waals surface area (Å²) in [5, 5.41) is 11.8. The molecular formula is C19H20N2O2. The zero-order chi connectivity index (χ0) is 16.7. The van der Waals surface area contributed by atoms with Crippen molar-refractivity contribution < 1.29 is 9.53 Å². The Labute approximate surface area is 136 Å². The molecule has 23 heavy (non-hydrogen) atoms. The SMILES string of the molecule is COc1ccc(CCC(=O)NC(C)c2ccc(C#N)cc2)cc1. The Morgan fingerprint density at radius 1 is 1.17 bits per heavy atom. The lowest BCUT2D eigenvalue weighted by atomic mass is 10.1. The molecule has 0 aliphatic heterocycles. The standard InChI is InChI=1S/C19H20N2O2/c1-14(17-8-3-16(13-20)4-9-17)21-19(22)12-7-15-5-10-18(23-2)11-6-15/h3-6,8-11,14H,7,12H2,1-2H3,(H,21,22).